The van der Waals surface area contributed by atoms with E-state index in [1.807, 2.05) is 0 Å². The maximum Gasteiger partial charge on any atom is 0.221 e. The van der Waals surface area contributed by atoms with Gasteiger partial charge in [-0.2, -0.15) is 0 Å². The Balaban J connectivity index is 2.66. The monoisotopic (exact) mass is 202 g/mol. The molecule has 0 radical (unpaired) electrons. The van der Waals surface area contributed by atoms with Crippen LogP contribution in [0.15, 0.2) is 24.7 Å². The van der Waals surface area contributed by atoms with Gasteiger partial charge in [0.05, 0.1) is 11.9 Å². The minimum Gasteiger partial charge on any atom is -0.383 e. The van der Waals surface area contributed by atoms with Crippen LogP contribution in [0.25, 0.3) is 10.8 Å². The molecule has 0 aliphatic rings. The number of amides is 1. The van der Waals surface area contributed by atoms with Gasteiger partial charge in [-0.25, -0.2) is 4.98 Å². The molecule has 2 rings (SSSR count). The zero-order chi connectivity index (χ0) is 10.8. The third-order valence-electron chi connectivity index (χ3n) is 2.03. The van der Waals surface area contributed by atoms with Crippen LogP contribution < -0.4 is 11.1 Å². The van der Waals surface area contributed by atoms with Crippen molar-refractivity contribution in [1.29, 1.82) is 0 Å². The van der Waals surface area contributed by atoms with E-state index in [0.717, 1.165) is 10.8 Å². The van der Waals surface area contributed by atoms with E-state index in [9.17, 15) is 4.79 Å². The number of anilines is 2. The zero-order valence-electron chi connectivity index (χ0n) is 8.19. The second-order valence-electron chi connectivity index (χ2n) is 3.16. The van der Waals surface area contributed by atoms with Crippen LogP contribution >= 0.6 is 0 Å². The molecule has 0 unspecified atom stereocenters. The Labute approximate surface area is 86.3 Å². The molecule has 0 aliphatic heterocycles. The Morgan fingerprint density at radius 2 is 2.20 bits per heavy atom. The lowest BCUT2D eigenvalue weighted by atomic mass is 10.2. The van der Waals surface area contributed by atoms with E-state index in [0.29, 0.717) is 11.5 Å². The van der Waals surface area contributed by atoms with Crippen molar-refractivity contribution in [3.63, 3.8) is 0 Å². The summed E-state index contributed by atoms with van der Waals surface area (Å²) in [6, 6.07) is 1.79. The van der Waals surface area contributed by atoms with Gasteiger partial charge in [-0.3, -0.25) is 9.78 Å². The van der Waals surface area contributed by atoms with Crippen LogP contribution in [0.2, 0.25) is 0 Å². The normalized spacial score (nSPS) is 10.2. The predicted molar refractivity (Wildman–Crippen MR) is 58.3 cm³/mol. The van der Waals surface area contributed by atoms with Gasteiger partial charge >= 0.3 is 0 Å². The molecule has 0 bridgehead atoms. The molecule has 2 aromatic rings. The maximum absolute atomic E-state index is 11.0. The molecule has 0 fully saturated rings. The predicted octanol–water partition coefficient (Wildman–Crippen LogP) is 1.17. The molecule has 1 amide bonds. The van der Waals surface area contributed by atoms with Crippen LogP contribution in [-0.2, 0) is 4.79 Å². The summed E-state index contributed by atoms with van der Waals surface area (Å²) in [5.74, 6) is 0.270. The number of hydrogen-bond donors (Lipinski definition) is 2. The molecule has 15 heavy (non-hydrogen) atoms. The Morgan fingerprint density at radius 1 is 1.40 bits per heavy atom. The van der Waals surface area contributed by atoms with Gasteiger partial charge in [0, 0.05) is 30.1 Å². The van der Waals surface area contributed by atoms with Gasteiger partial charge in [0.1, 0.15) is 5.82 Å². The second-order valence-corrected chi connectivity index (χ2v) is 3.16. The summed E-state index contributed by atoms with van der Waals surface area (Å²) < 4.78 is 0. The number of hydrogen-bond acceptors (Lipinski definition) is 4. The third kappa shape index (κ3) is 1.71. The van der Waals surface area contributed by atoms with Crippen LogP contribution in [0.4, 0.5) is 11.5 Å². The van der Waals surface area contributed by atoms with Gasteiger partial charge in [0.25, 0.3) is 0 Å². The molecule has 3 N–H and O–H groups in total. The van der Waals surface area contributed by atoms with Gasteiger partial charge in [0.2, 0.25) is 5.91 Å². The number of nitrogens with two attached hydrogens (primary N) is 1. The summed E-state index contributed by atoms with van der Waals surface area (Å²) in [6.07, 6.45) is 4.81. The Kier molecular flexibility index (Phi) is 2.21. The van der Waals surface area contributed by atoms with Crippen molar-refractivity contribution in [2.24, 2.45) is 0 Å². The van der Waals surface area contributed by atoms with E-state index in [-0.39, 0.29) is 5.91 Å². The fourth-order valence-electron chi connectivity index (χ4n) is 1.40. The van der Waals surface area contributed by atoms with Crippen LogP contribution in [-0.4, -0.2) is 15.9 Å². The standard InChI is InChI=1S/C10H10N4O/c1-6(15)14-9-5-13-10(11)8-4-12-3-2-7(8)9/h2-5H,1H3,(H2,11,13)(H,14,15). The molecule has 76 valence electrons. The highest BCUT2D eigenvalue weighted by molar-refractivity contribution is 6.03. The van der Waals surface area contributed by atoms with Crippen molar-refractivity contribution in [1.82, 2.24) is 9.97 Å². The van der Waals surface area contributed by atoms with Crippen molar-refractivity contribution in [2.75, 3.05) is 11.1 Å². The molecule has 2 aromatic heterocycles. The summed E-state index contributed by atoms with van der Waals surface area (Å²) in [6.45, 7) is 1.45. The topological polar surface area (TPSA) is 80.9 Å². The first kappa shape index (κ1) is 9.39. The average molecular weight is 202 g/mol. The highest BCUT2D eigenvalue weighted by Gasteiger charge is 2.05. The fraction of sp³-hybridized carbons (Fsp3) is 0.100. The number of rotatable bonds is 1. The molecule has 0 aliphatic carbocycles. The highest BCUT2D eigenvalue weighted by Crippen LogP contribution is 2.24. The lowest BCUT2D eigenvalue weighted by Gasteiger charge is -2.07. The number of nitrogen functional groups attached to an aromatic ring is 1. The lowest BCUT2D eigenvalue weighted by molar-refractivity contribution is -0.114. The molecular weight excluding hydrogens is 192 g/mol. The molecular formula is C10H10N4O. The molecule has 0 saturated carbocycles. The molecule has 0 atom stereocenters. The SMILES string of the molecule is CC(=O)Nc1cnc(N)c2cnccc12. The first-order valence-electron chi connectivity index (χ1n) is 4.44. The number of pyridine rings is 2. The molecule has 2 heterocycles. The zero-order valence-corrected chi connectivity index (χ0v) is 8.19. The van der Waals surface area contributed by atoms with Crippen LogP contribution in [0.5, 0.6) is 0 Å². The first-order valence-corrected chi connectivity index (χ1v) is 4.44. The van der Waals surface area contributed by atoms with E-state index >= 15 is 0 Å². The van der Waals surface area contributed by atoms with E-state index < -0.39 is 0 Å². The number of aromatic nitrogens is 2. The molecule has 5 nitrogen and oxygen atoms in total. The van der Waals surface area contributed by atoms with E-state index in [2.05, 4.69) is 15.3 Å². The second kappa shape index (κ2) is 3.53. The van der Waals surface area contributed by atoms with Gasteiger partial charge in [0.15, 0.2) is 0 Å². The Hall–Kier alpha value is -2.17. The van der Waals surface area contributed by atoms with Crippen molar-refractivity contribution in [3.8, 4) is 0 Å². The number of nitrogens with zero attached hydrogens (tertiary/aromatic N) is 2. The van der Waals surface area contributed by atoms with E-state index in [1.54, 1.807) is 24.7 Å². The van der Waals surface area contributed by atoms with E-state index in [1.165, 1.54) is 6.92 Å². The minimum atomic E-state index is -0.139. The van der Waals surface area contributed by atoms with Crippen LogP contribution in [0.3, 0.4) is 0 Å². The third-order valence-corrected chi connectivity index (χ3v) is 2.03. The lowest BCUT2D eigenvalue weighted by Crippen LogP contribution is -2.07. The minimum absolute atomic E-state index is 0.139. The van der Waals surface area contributed by atoms with Gasteiger partial charge in [-0.1, -0.05) is 0 Å². The van der Waals surface area contributed by atoms with Crippen molar-refractivity contribution >= 4 is 28.2 Å². The van der Waals surface area contributed by atoms with Gasteiger partial charge < -0.3 is 11.1 Å². The fourth-order valence-corrected chi connectivity index (χ4v) is 1.40. The Bertz CT molecular complexity index is 524. The summed E-state index contributed by atoms with van der Waals surface area (Å²) in [4.78, 5) is 18.9. The molecule has 0 saturated heterocycles. The smallest absolute Gasteiger partial charge is 0.221 e. The summed E-state index contributed by atoms with van der Waals surface area (Å²) in [7, 11) is 0. The Morgan fingerprint density at radius 3 is 2.93 bits per heavy atom. The largest absolute Gasteiger partial charge is 0.383 e. The number of carbonyl (C=O) groups excluding carboxylic acids is 1. The average Bonchev–Trinajstić information content (AvgIpc) is 2.22. The molecule has 0 spiro atoms. The number of fused-ring (bicyclic) bond motifs is 1. The molecule has 5 heteroatoms. The van der Waals surface area contributed by atoms with E-state index in [4.69, 9.17) is 5.73 Å². The summed E-state index contributed by atoms with van der Waals surface area (Å²) in [5.41, 5.74) is 6.34. The summed E-state index contributed by atoms with van der Waals surface area (Å²) >= 11 is 0. The quantitative estimate of drug-likeness (QED) is 0.727. The van der Waals surface area contributed by atoms with Crippen molar-refractivity contribution in [2.45, 2.75) is 6.92 Å². The highest BCUT2D eigenvalue weighted by atomic mass is 16.1. The first-order chi connectivity index (χ1) is 7.18. The molecule has 0 aromatic carbocycles. The maximum atomic E-state index is 11.0. The van der Waals surface area contributed by atoms with Crippen molar-refractivity contribution < 1.29 is 4.79 Å². The van der Waals surface area contributed by atoms with Crippen LogP contribution in [0, 0.1) is 0 Å². The van der Waals surface area contributed by atoms with Gasteiger partial charge in [-0.05, 0) is 6.07 Å². The van der Waals surface area contributed by atoms with Crippen LogP contribution in [0.1, 0.15) is 6.92 Å². The number of nitrogens with one attached hydrogen (secondary N) is 1. The van der Waals surface area contributed by atoms with Gasteiger partial charge in [-0.15, -0.1) is 0 Å². The summed E-state index contributed by atoms with van der Waals surface area (Å²) in [5, 5.41) is 4.27. The van der Waals surface area contributed by atoms with Crippen molar-refractivity contribution in [3.05, 3.63) is 24.7 Å². The number of carbonyl (C=O) groups is 1.